The van der Waals surface area contributed by atoms with E-state index in [1.54, 1.807) is 10.9 Å². The molecule has 14 heavy (non-hydrogen) atoms. The molecular formula is C10H17N3O. The van der Waals surface area contributed by atoms with Crippen molar-refractivity contribution in [1.29, 1.82) is 0 Å². The molecule has 0 unspecified atom stereocenters. The lowest BCUT2D eigenvalue weighted by Gasteiger charge is -2.14. The molecular weight excluding hydrogens is 178 g/mol. The van der Waals surface area contributed by atoms with Crippen LogP contribution >= 0.6 is 0 Å². The zero-order valence-electron chi connectivity index (χ0n) is 8.48. The summed E-state index contributed by atoms with van der Waals surface area (Å²) in [5.41, 5.74) is 0.918. The van der Waals surface area contributed by atoms with Crippen molar-refractivity contribution in [3.8, 4) is 0 Å². The Hall–Kier alpha value is -0.870. The van der Waals surface area contributed by atoms with Crippen molar-refractivity contribution in [3.63, 3.8) is 0 Å². The second kappa shape index (κ2) is 4.11. The molecule has 0 saturated carbocycles. The van der Waals surface area contributed by atoms with Crippen LogP contribution in [-0.4, -0.2) is 27.5 Å². The van der Waals surface area contributed by atoms with Gasteiger partial charge >= 0.3 is 0 Å². The van der Waals surface area contributed by atoms with Gasteiger partial charge in [0.25, 0.3) is 0 Å². The van der Waals surface area contributed by atoms with Crippen LogP contribution in [0.25, 0.3) is 0 Å². The van der Waals surface area contributed by atoms with Gasteiger partial charge in [0.2, 0.25) is 0 Å². The van der Waals surface area contributed by atoms with Crippen molar-refractivity contribution in [1.82, 2.24) is 15.1 Å². The number of hydrogen-bond donors (Lipinski definition) is 2. The zero-order chi connectivity index (χ0) is 9.97. The number of rotatable bonds is 3. The number of aryl methyl sites for hydroxylation is 1. The lowest BCUT2D eigenvalue weighted by Crippen LogP contribution is -2.23. The Morgan fingerprint density at radius 2 is 2.64 bits per heavy atom. The summed E-state index contributed by atoms with van der Waals surface area (Å²) in [5.74, 6) is 0. The average Bonchev–Trinajstić information content (AvgIpc) is 2.75. The summed E-state index contributed by atoms with van der Waals surface area (Å²) in [7, 11) is 1.87. The van der Waals surface area contributed by atoms with E-state index < -0.39 is 0 Å². The molecule has 1 aromatic heterocycles. The van der Waals surface area contributed by atoms with Gasteiger partial charge < -0.3 is 10.4 Å². The van der Waals surface area contributed by atoms with E-state index in [1.807, 2.05) is 13.2 Å². The molecule has 0 aromatic carbocycles. The lowest BCUT2D eigenvalue weighted by atomic mass is 10.0. The van der Waals surface area contributed by atoms with Crippen LogP contribution in [0.2, 0.25) is 0 Å². The standard InChI is InChI=1S/C10H17N3O/c1-13-7-8(6-12-13)10(14)5-9-3-2-4-11-9/h6-7,9-11,14H,2-5H2,1H3/t9-,10-/m0/s1. The van der Waals surface area contributed by atoms with Gasteiger partial charge in [-0.2, -0.15) is 5.10 Å². The van der Waals surface area contributed by atoms with Crippen molar-refractivity contribution in [3.05, 3.63) is 18.0 Å². The minimum absolute atomic E-state index is 0.376. The third kappa shape index (κ3) is 2.13. The zero-order valence-corrected chi connectivity index (χ0v) is 8.48. The molecule has 1 aliphatic heterocycles. The highest BCUT2D eigenvalue weighted by Gasteiger charge is 2.19. The SMILES string of the molecule is Cn1cc([C@@H](O)C[C@@H]2CCCN2)cn1. The molecule has 2 rings (SSSR count). The Balaban J connectivity index is 1.91. The molecule has 1 saturated heterocycles. The quantitative estimate of drug-likeness (QED) is 0.742. The summed E-state index contributed by atoms with van der Waals surface area (Å²) in [6.07, 6.45) is 6.44. The smallest absolute Gasteiger partial charge is 0.0835 e. The van der Waals surface area contributed by atoms with Gasteiger partial charge in [-0.25, -0.2) is 0 Å². The summed E-state index contributed by atoms with van der Waals surface area (Å²) in [5, 5.41) is 17.3. The average molecular weight is 195 g/mol. The Kier molecular flexibility index (Phi) is 2.84. The Morgan fingerprint density at radius 1 is 1.79 bits per heavy atom. The first-order valence-electron chi connectivity index (χ1n) is 5.15. The van der Waals surface area contributed by atoms with Crippen molar-refractivity contribution in [2.45, 2.75) is 31.4 Å². The number of aliphatic hydroxyl groups excluding tert-OH is 1. The third-order valence-corrected chi connectivity index (χ3v) is 2.78. The van der Waals surface area contributed by atoms with Crippen LogP contribution in [-0.2, 0) is 7.05 Å². The predicted molar refractivity (Wildman–Crippen MR) is 53.8 cm³/mol. The summed E-state index contributed by atoms with van der Waals surface area (Å²) < 4.78 is 1.72. The minimum Gasteiger partial charge on any atom is -0.388 e. The van der Waals surface area contributed by atoms with Crippen molar-refractivity contribution in [2.24, 2.45) is 7.05 Å². The van der Waals surface area contributed by atoms with E-state index in [-0.39, 0.29) is 6.10 Å². The molecule has 1 aliphatic rings. The van der Waals surface area contributed by atoms with Gasteiger partial charge in [-0.1, -0.05) is 0 Å². The first kappa shape index (κ1) is 9.68. The minimum atomic E-state index is -0.376. The number of nitrogens with zero attached hydrogens (tertiary/aromatic N) is 2. The number of aliphatic hydroxyl groups is 1. The van der Waals surface area contributed by atoms with Gasteiger partial charge in [-0.3, -0.25) is 4.68 Å². The summed E-state index contributed by atoms with van der Waals surface area (Å²) in [6.45, 7) is 1.09. The maximum atomic E-state index is 9.90. The number of hydrogen-bond acceptors (Lipinski definition) is 3. The second-order valence-corrected chi connectivity index (χ2v) is 3.99. The fraction of sp³-hybridized carbons (Fsp3) is 0.700. The van der Waals surface area contributed by atoms with Gasteiger partial charge in [-0.05, 0) is 25.8 Å². The largest absolute Gasteiger partial charge is 0.388 e. The highest BCUT2D eigenvalue weighted by Crippen LogP contribution is 2.21. The molecule has 2 N–H and O–H groups in total. The maximum Gasteiger partial charge on any atom is 0.0835 e. The van der Waals surface area contributed by atoms with Crippen LogP contribution in [0.1, 0.15) is 30.9 Å². The second-order valence-electron chi connectivity index (χ2n) is 3.99. The van der Waals surface area contributed by atoms with E-state index in [9.17, 15) is 5.11 Å². The molecule has 0 spiro atoms. The van der Waals surface area contributed by atoms with Crippen molar-refractivity contribution < 1.29 is 5.11 Å². The monoisotopic (exact) mass is 195 g/mol. The predicted octanol–water partition coefficient (Wildman–Crippen LogP) is 0.596. The number of aromatic nitrogens is 2. The van der Waals surface area contributed by atoms with Gasteiger partial charge in [0.1, 0.15) is 0 Å². The normalized spacial score (nSPS) is 24.0. The van der Waals surface area contributed by atoms with Crippen molar-refractivity contribution in [2.75, 3.05) is 6.54 Å². The van der Waals surface area contributed by atoms with Crippen LogP contribution in [0.15, 0.2) is 12.4 Å². The molecule has 4 nitrogen and oxygen atoms in total. The Morgan fingerprint density at radius 3 is 3.21 bits per heavy atom. The molecule has 1 fully saturated rings. The Bertz CT molecular complexity index is 291. The van der Waals surface area contributed by atoms with E-state index in [0.29, 0.717) is 6.04 Å². The van der Waals surface area contributed by atoms with E-state index in [0.717, 1.165) is 18.5 Å². The molecule has 2 heterocycles. The van der Waals surface area contributed by atoms with Crippen LogP contribution < -0.4 is 5.32 Å². The lowest BCUT2D eigenvalue weighted by molar-refractivity contribution is 0.154. The summed E-state index contributed by atoms with van der Waals surface area (Å²) in [4.78, 5) is 0. The molecule has 0 radical (unpaired) electrons. The fourth-order valence-corrected chi connectivity index (χ4v) is 1.98. The molecule has 0 amide bonds. The van der Waals surface area contributed by atoms with Crippen LogP contribution in [0, 0.1) is 0 Å². The molecule has 0 aliphatic carbocycles. The van der Waals surface area contributed by atoms with Gasteiger partial charge in [-0.15, -0.1) is 0 Å². The van der Waals surface area contributed by atoms with Crippen LogP contribution in [0.3, 0.4) is 0 Å². The molecule has 2 atom stereocenters. The van der Waals surface area contributed by atoms with Crippen LogP contribution in [0.4, 0.5) is 0 Å². The highest BCUT2D eigenvalue weighted by molar-refractivity contribution is 5.08. The first-order chi connectivity index (χ1) is 6.75. The highest BCUT2D eigenvalue weighted by atomic mass is 16.3. The third-order valence-electron chi connectivity index (χ3n) is 2.78. The molecule has 1 aromatic rings. The molecule has 0 bridgehead atoms. The topological polar surface area (TPSA) is 50.1 Å². The van der Waals surface area contributed by atoms with Gasteiger partial charge in [0, 0.05) is 24.8 Å². The molecule has 4 heteroatoms. The molecule has 78 valence electrons. The fourth-order valence-electron chi connectivity index (χ4n) is 1.98. The van der Waals surface area contributed by atoms with E-state index in [1.165, 1.54) is 12.8 Å². The van der Waals surface area contributed by atoms with E-state index in [4.69, 9.17) is 0 Å². The van der Waals surface area contributed by atoms with Gasteiger partial charge in [0.05, 0.1) is 12.3 Å². The van der Waals surface area contributed by atoms with Crippen molar-refractivity contribution >= 4 is 0 Å². The Labute approximate surface area is 83.9 Å². The van der Waals surface area contributed by atoms with E-state index >= 15 is 0 Å². The van der Waals surface area contributed by atoms with Crippen LogP contribution in [0.5, 0.6) is 0 Å². The first-order valence-corrected chi connectivity index (χ1v) is 5.15. The number of nitrogens with one attached hydrogen (secondary N) is 1. The summed E-state index contributed by atoms with van der Waals surface area (Å²) in [6, 6.07) is 0.477. The maximum absolute atomic E-state index is 9.90. The summed E-state index contributed by atoms with van der Waals surface area (Å²) >= 11 is 0. The van der Waals surface area contributed by atoms with Gasteiger partial charge in [0.15, 0.2) is 0 Å². The van der Waals surface area contributed by atoms with E-state index in [2.05, 4.69) is 10.4 Å².